The molecule has 1 aromatic carbocycles. The van der Waals surface area contributed by atoms with Gasteiger partial charge in [0.05, 0.1) is 6.61 Å². The van der Waals surface area contributed by atoms with Crippen LogP contribution in [-0.4, -0.2) is 50.4 Å². The van der Waals surface area contributed by atoms with E-state index in [1.54, 1.807) is 0 Å². The Morgan fingerprint density at radius 2 is 2.29 bits per heavy atom. The second-order valence-corrected chi connectivity index (χ2v) is 6.34. The van der Waals surface area contributed by atoms with Gasteiger partial charge >= 0.3 is 0 Å². The minimum atomic E-state index is 0.131. The van der Waals surface area contributed by atoms with Gasteiger partial charge in [-0.1, -0.05) is 17.7 Å². The van der Waals surface area contributed by atoms with E-state index in [0.29, 0.717) is 12.6 Å². The van der Waals surface area contributed by atoms with E-state index in [-0.39, 0.29) is 6.10 Å². The molecule has 2 aliphatic rings. The molecule has 4 nitrogen and oxygen atoms in total. The average molecular weight is 311 g/mol. The molecule has 1 unspecified atom stereocenters. The summed E-state index contributed by atoms with van der Waals surface area (Å²) in [5.74, 6) is 0.868. The van der Waals surface area contributed by atoms with Crippen molar-refractivity contribution in [2.75, 3.05) is 33.4 Å². The normalized spacial score (nSPS) is 23.2. The van der Waals surface area contributed by atoms with Crippen LogP contribution in [-0.2, 0) is 11.3 Å². The highest BCUT2D eigenvalue weighted by molar-refractivity contribution is 6.31. The molecule has 5 heteroatoms. The first-order valence-electron chi connectivity index (χ1n) is 7.66. The van der Waals surface area contributed by atoms with E-state index in [2.05, 4.69) is 17.3 Å². The van der Waals surface area contributed by atoms with Crippen LogP contribution in [0.15, 0.2) is 18.2 Å². The number of morpholine rings is 1. The second kappa shape index (κ2) is 6.97. The van der Waals surface area contributed by atoms with Crippen LogP contribution in [0.2, 0.25) is 5.02 Å². The molecule has 1 atom stereocenters. The highest BCUT2D eigenvalue weighted by Crippen LogP contribution is 2.28. The fraction of sp³-hybridized carbons (Fsp3) is 0.625. The Labute approximate surface area is 131 Å². The van der Waals surface area contributed by atoms with Crippen molar-refractivity contribution in [3.63, 3.8) is 0 Å². The summed E-state index contributed by atoms with van der Waals surface area (Å²) in [7, 11) is 2.11. The van der Waals surface area contributed by atoms with Crippen LogP contribution < -0.4 is 10.1 Å². The standard InChI is InChI=1S/C16H23ClN2O2/c1-19-7-8-20-13(10-19)11-21-16-4-2-3-15(17)14(16)9-18-12-5-6-12/h2-4,12-13,18H,5-11H2,1H3. The zero-order valence-corrected chi connectivity index (χ0v) is 13.2. The molecule has 0 aromatic heterocycles. The maximum absolute atomic E-state index is 6.32. The SMILES string of the molecule is CN1CCOC(COc2cccc(Cl)c2CNC2CC2)C1. The first-order valence-corrected chi connectivity index (χ1v) is 8.04. The van der Waals surface area contributed by atoms with Crippen molar-refractivity contribution in [1.82, 2.24) is 10.2 Å². The third-order valence-electron chi connectivity index (χ3n) is 3.99. The van der Waals surface area contributed by atoms with Crippen molar-refractivity contribution in [3.05, 3.63) is 28.8 Å². The van der Waals surface area contributed by atoms with E-state index in [0.717, 1.165) is 42.6 Å². The van der Waals surface area contributed by atoms with Crippen molar-refractivity contribution >= 4 is 11.6 Å². The molecular weight excluding hydrogens is 288 g/mol. The number of halogens is 1. The van der Waals surface area contributed by atoms with Gasteiger partial charge in [-0.3, -0.25) is 0 Å². The number of nitrogens with one attached hydrogen (secondary N) is 1. The van der Waals surface area contributed by atoms with Crippen LogP contribution in [0, 0.1) is 0 Å². The molecule has 0 amide bonds. The number of benzene rings is 1. The van der Waals surface area contributed by atoms with Gasteiger partial charge in [-0.15, -0.1) is 0 Å². The molecule has 0 bridgehead atoms. The van der Waals surface area contributed by atoms with Gasteiger partial charge in [0.15, 0.2) is 0 Å². The van der Waals surface area contributed by atoms with Gasteiger partial charge in [0.2, 0.25) is 0 Å². The lowest BCUT2D eigenvalue weighted by Gasteiger charge is -2.30. The number of hydrogen-bond donors (Lipinski definition) is 1. The Balaban J connectivity index is 1.59. The highest BCUT2D eigenvalue weighted by atomic mass is 35.5. The lowest BCUT2D eigenvalue weighted by atomic mass is 10.2. The van der Waals surface area contributed by atoms with Crippen LogP contribution in [0.25, 0.3) is 0 Å². The predicted octanol–water partition coefficient (Wildman–Crippen LogP) is 2.30. The summed E-state index contributed by atoms with van der Waals surface area (Å²) in [4.78, 5) is 2.27. The number of ether oxygens (including phenoxy) is 2. The molecule has 1 aromatic rings. The minimum absolute atomic E-state index is 0.131. The van der Waals surface area contributed by atoms with Crippen molar-refractivity contribution < 1.29 is 9.47 Å². The van der Waals surface area contributed by atoms with Gasteiger partial charge in [0.25, 0.3) is 0 Å². The number of likely N-dealkylation sites (N-methyl/N-ethyl adjacent to an activating group) is 1. The second-order valence-electron chi connectivity index (χ2n) is 5.94. The third kappa shape index (κ3) is 4.33. The van der Waals surface area contributed by atoms with Crippen LogP contribution >= 0.6 is 11.6 Å². The van der Waals surface area contributed by atoms with E-state index in [4.69, 9.17) is 21.1 Å². The molecule has 0 spiro atoms. The Morgan fingerprint density at radius 3 is 3.05 bits per heavy atom. The van der Waals surface area contributed by atoms with Crippen LogP contribution in [0.1, 0.15) is 18.4 Å². The van der Waals surface area contributed by atoms with Gasteiger partial charge in [0.1, 0.15) is 18.5 Å². The molecular formula is C16H23ClN2O2. The summed E-state index contributed by atoms with van der Waals surface area (Å²) in [5.41, 5.74) is 1.05. The van der Waals surface area contributed by atoms with Gasteiger partial charge in [-0.2, -0.15) is 0 Å². The van der Waals surface area contributed by atoms with Gasteiger partial charge in [-0.25, -0.2) is 0 Å². The summed E-state index contributed by atoms with van der Waals surface area (Å²) in [5, 5.41) is 4.26. The molecule has 2 fully saturated rings. The predicted molar refractivity (Wildman–Crippen MR) is 84.0 cm³/mol. The Kier molecular flexibility index (Phi) is 5.01. The fourth-order valence-electron chi connectivity index (χ4n) is 2.53. The summed E-state index contributed by atoms with van der Waals surface area (Å²) in [6.45, 7) is 4.02. The van der Waals surface area contributed by atoms with Crippen molar-refractivity contribution in [3.8, 4) is 5.75 Å². The molecule has 1 aliphatic carbocycles. The molecule has 1 heterocycles. The van der Waals surface area contributed by atoms with Crippen molar-refractivity contribution in [2.24, 2.45) is 0 Å². The molecule has 1 saturated heterocycles. The smallest absolute Gasteiger partial charge is 0.125 e. The summed E-state index contributed by atoms with van der Waals surface area (Å²) in [6, 6.07) is 6.50. The summed E-state index contributed by atoms with van der Waals surface area (Å²) >= 11 is 6.32. The largest absolute Gasteiger partial charge is 0.490 e. The minimum Gasteiger partial charge on any atom is -0.490 e. The quantitative estimate of drug-likeness (QED) is 0.874. The maximum atomic E-state index is 6.32. The Hall–Kier alpha value is -0.810. The fourth-order valence-corrected chi connectivity index (χ4v) is 2.76. The lowest BCUT2D eigenvalue weighted by Crippen LogP contribution is -2.42. The van der Waals surface area contributed by atoms with E-state index in [9.17, 15) is 0 Å². The van der Waals surface area contributed by atoms with Gasteiger partial charge in [0, 0.05) is 36.3 Å². The van der Waals surface area contributed by atoms with E-state index in [1.807, 2.05) is 18.2 Å². The summed E-state index contributed by atoms with van der Waals surface area (Å²) < 4.78 is 11.7. The van der Waals surface area contributed by atoms with Crippen LogP contribution in [0.4, 0.5) is 0 Å². The van der Waals surface area contributed by atoms with E-state index >= 15 is 0 Å². The third-order valence-corrected chi connectivity index (χ3v) is 4.34. The average Bonchev–Trinajstić information content (AvgIpc) is 3.28. The molecule has 116 valence electrons. The molecule has 21 heavy (non-hydrogen) atoms. The molecule has 0 radical (unpaired) electrons. The van der Waals surface area contributed by atoms with E-state index in [1.165, 1.54) is 12.8 Å². The first kappa shape index (κ1) is 15.1. The molecule has 1 aliphatic heterocycles. The molecule has 3 rings (SSSR count). The number of hydrogen-bond acceptors (Lipinski definition) is 4. The van der Waals surface area contributed by atoms with Crippen molar-refractivity contribution in [2.45, 2.75) is 31.5 Å². The van der Waals surface area contributed by atoms with E-state index < -0.39 is 0 Å². The highest BCUT2D eigenvalue weighted by Gasteiger charge is 2.22. The Bertz CT molecular complexity index is 479. The van der Waals surface area contributed by atoms with Crippen LogP contribution in [0.3, 0.4) is 0 Å². The molecule has 1 N–H and O–H groups in total. The Morgan fingerprint density at radius 1 is 1.43 bits per heavy atom. The van der Waals surface area contributed by atoms with Gasteiger partial charge < -0.3 is 19.7 Å². The van der Waals surface area contributed by atoms with Crippen molar-refractivity contribution in [1.29, 1.82) is 0 Å². The summed E-state index contributed by atoms with van der Waals surface area (Å²) in [6.07, 6.45) is 2.66. The van der Waals surface area contributed by atoms with Crippen LogP contribution in [0.5, 0.6) is 5.75 Å². The zero-order valence-electron chi connectivity index (χ0n) is 12.5. The first-order chi connectivity index (χ1) is 10.2. The lowest BCUT2D eigenvalue weighted by molar-refractivity contribution is -0.0404. The number of rotatable bonds is 6. The molecule has 1 saturated carbocycles. The maximum Gasteiger partial charge on any atom is 0.125 e. The monoisotopic (exact) mass is 310 g/mol. The zero-order chi connectivity index (χ0) is 14.7. The van der Waals surface area contributed by atoms with Gasteiger partial charge in [-0.05, 0) is 32.0 Å². The topological polar surface area (TPSA) is 33.7 Å². The number of nitrogens with zero attached hydrogens (tertiary/aromatic N) is 1.